The zero-order valence-electron chi connectivity index (χ0n) is 10.7. The van der Waals surface area contributed by atoms with Crippen molar-refractivity contribution in [3.8, 4) is 0 Å². The SMILES string of the molecule is CCNC(=O)C1=NC(C=O)=CC(OC/C=C2/CO2)C1. The van der Waals surface area contributed by atoms with E-state index in [0.29, 0.717) is 38.2 Å². The molecule has 6 nitrogen and oxygen atoms in total. The fourth-order valence-corrected chi connectivity index (χ4v) is 1.68. The average Bonchev–Trinajstić information content (AvgIpc) is 3.23. The van der Waals surface area contributed by atoms with Crippen LogP contribution in [0.2, 0.25) is 0 Å². The number of carbonyl (C=O) groups excluding carboxylic acids is 2. The largest absolute Gasteiger partial charge is 0.487 e. The second-order valence-electron chi connectivity index (χ2n) is 4.16. The summed E-state index contributed by atoms with van der Waals surface area (Å²) in [7, 11) is 0. The summed E-state index contributed by atoms with van der Waals surface area (Å²) >= 11 is 0. The van der Waals surface area contributed by atoms with E-state index < -0.39 is 0 Å². The van der Waals surface area contributed by atoms with Gasteiger partial charge < -0.3 is 14.8 Å². The third-order valence-electron chi connectivity index (χ3n) is 2.67. The van der Waals surface area contributed by atoms with Crippen molar-refractivity contribution < 1.29 is 19.1 Å². The Morgan fingerprint density at radius 2 is 2.47 bits per heavy atom. The molecule has 2 heterocycles. The molecular formula is C13H16N2O4. The molecule has 1 saturated heterocycles. The number of hydrogen-bond donors (Lipinski definition) is 1. The normalized spacial score (nSPS) is 23.2. The van der Waals surface area contributed by atoms with Gasteiger partial charge in [0.2, 0.25) is 0 Å². The van der Waals surface area contributed by atoms with Crippen molar-refractivity contribution in [1.29, 1.82) is 0 Å². The van der Waals surface area contributed by atoms with Crippen LogP contribution in [0.4, 0.5) is 0 Å². The van der Waals surface area contributed by atoms with Crippen LogP contribution in [0.3, 0.4) is 0 Å². The van der Waals surface area contributed by atoms with Gasteiger partial charge in [0, 0.05) is 13.0 Å². The number of hydrogen-bond acceptors (Lipinski definition) is 5. The molecule has 0 aromatic rings. The minimum absolute atomic E-state index is 0.229. The van der Waals surface area contributed by atoms with Crippen molar-refractivity contribution in [2.75, 3.05) is 19.8 Å². The Labute approximate surface area is 111 Å². The van der Waals surface area contributed by atoms with E-state index in [1.165, 1.54) is 0 Å². The van der Waals surface area contributed by atoms with E-state index in [1.54, 1.807) is 6.08 Å². The van der Waals surface area contributed by atoms with E-state index in [9.17, 15) is 9.59 Å². The lowest BCUT2D eigenvalue weighted by molar-refractivity contribution is -0.114. The summed E-state index contributed by atoms with van der Waals surface area (Å²) in [5.74, 6) is 0.653. The van der Waals surface area contributed by atoms with E-state index in [4.69, 9.17) is 9.47 Å². The van der Waals surface area contributed by atoms with Crippen LogP contribution in [-0.2, 0) is 19.1 Å². The maximum Gasteiger partial charge on any atom is 0.265 e. The minimum Gasteiger partial charge on any atom is -0.487 e. The topological polar surface area (TPSA) is 80.3 Å². The van der Waals surface area contributed by atoms with Crippen molar-refractivity contribution in [3.63, 3.8) is 0 Å². The van der Waals surface area contributed by atoms with Gasteiger partial charge in [-0.3, -0.25) is 9.59 Å². The van der Waals surface area contributed by atoms with Gasteiger partial charge in [-0.1, -0.05) is 0 Å². The zero-order valence-corrected chi connectivity index (χ0v) is 10.7. The molecule has 0 radical (unpaired) electrons. The van der Waals surface area contributed by atoms with Gasteiger partial charge in [0.1, 0.15) is 23.8 Å². The third-order valence-corrected chi connectivity index (χ3v) is 2.67. The standard InChI is InChI=1S/C13H16N2O4/c1-2-14-13(17)12-6-11(5-9(7-16)15-12)18-4-3-10-8-19-10/h3,5,7,11H,2,4,6,8H2,1H3,(H,14,17)/b10-3-. The molecule has 0 spiro atoms. The molecule has 2 aliphatic heterocycles. The number of rotatable bonds is 6. The van der Waals surface area contributed by atoms with Crippen LogP contribution in [0, 0.1) is 0 Å². The monoisotopic (exact) mass is 264 g/mol. The van der Waals surface area contributed by atoms with Gasteiger partial charge >= 0.3 is 0 Å². The highest BCUT2D eigenvalue weighted by Gasteiger charge is 2.22. The summed E-state index contributed by atoms with van der Waals surface area (Å²) in [6.45, 7) is 3.40. The van der Waals surface area contributed by atoms with Crippen LogP contribution in [0.15, 0.2) is 28.6 Å². The maximum atomic E-state index is 11.7. The van der Waals surface area contributed by atoms with E-state index in [0.717, 1.165) is 5.76 Å². The van der Waals surface area contributed by atoms with Crippen molar-refractivity contribution in [1.82, 2.24) is 5.32 Å². The first-order valence-corrected chi connectivity index (χ1v) is 6.19. The molecular weight excluding hydrogens is 248 g/mol. The first-order valence-electron chi connectivity index (χ1n) is 6.19. The number of nitrogens with one attached hydrogen (secondary N) is 1. The molecule has 1 unspecified atom stereocenters. The number of aldehydes is 1. The molecule has 1 atom stereocenters. The number of ether oxygens (including phenoxy) is 2. The Kier molecular flexibility index (Phi) is 4.46. The van der Waals surface area contributed by atoms with E-state index in [2.05, 4.69) is 10.3 Å². The Balaban J connectivity index is 1.96. The van der Waals surface area contributed by atoms with Crippen molar-refractivity contribution in [3.05, 3.63) is 23.6 Å². The number of amides is 1. The fourth-order valence-electron chi connectivity index (χ4n) is 1.68. The Bertz CT molecular complexity index is 459. The van der Waals surface area contributed by atoms with E-state index in [-0.39, 0.29) is 17.7 Å². The fraction of sp³-hybridized carbons (Fsp3) is 0.462. The molecule has 0 aromatic heterocycles. The van der Waals surface area contributed by atoms with E-state index >= 15 is 0 Å². The Morgan fingerprint density at radius 1 is 1.68 bits per heavy atom. The average molecular weight is 264 g/mol. The summed E-state index contributed by atoms with van der Waals surface area (Å²) in [5.41, 5.74) is 0.555. The number of epoxide rings is 1. The van der Waals surface area contributed by atoms with Gasteiger partial charge in [-0.15, -0.1) is 0 Å². The molecule has 0 aliphatic carbocycles. The third kappa shape index (κ3) is 4.03. The lowest BCUT2D eigenvalue weighted by atomic mass is 10.1. The van der Waals surface area contributed by atoms with Crippen molar-refractivity contribution >= 4 is 17.9 Å². The second kappa shape index (κ2) is 6.29. The van der Waals surface area contributed by atoms with E-state index in [1.807, 2.05) is 13.0 Å². The lowest BCUT2D eigenvalue weighted by Crippen LogP contribution is -2.35. The van der Waals surface area contributed by atoms with Crippen LogP contribution in [-0.4, -0.2) is 43.8 Å². The predicted molar refractivity (Wildman–Crippen MR) is 68.7 cm³/mol. The molecule has 19 heavy (non-hydrogen) atoms. The second-order valence-corrected chi connectivity index (χ2v) is 4.16. The summed E-state index contributed by atoms with van der Waals surface area (Å²) in [5, 5.41) is 2.66. The van der Waals surface area contributed by atoms with Crippen LogP contribution < -0.4 is 5.32 Å². The van der Waals surface area contributed by atoms with Crippen LogP contribution >= 0.6 is 0 Å². The first kappa shape index (κ1) is 13.5. The molecule has 102 valence electrons. The number of allylic oxidation sites excluding steroid dienone is 1. The van der Waals surface area contributed by atoms with Gasteiger partial charge in [-0.05, 0) is 19.1 Å². The molecule has 0 bridgehead atoms. The number of aliphatic imine (C=N–C) groups is 1. The van der Waals surface area contributed by atoms with Crippen LogP contribution in [0.5, 0.6) is 0 Å². The minimum atomic E-state index is -0.314. The first-order chi connectivity index (χ1) is 9.22. The van der Waals surface area contributed by atoms with Gasteiger partial charge in [0.25, 0.3) is 5.91 Å². The van der Waals surface area contributed by atoms with Gasteiger partial charge in [0.05, 0.1) is 12.7 Å². The molecule has 2 rings (SSSR count). The molecule has 1 fully saturated rings. The highest BCUT2D eigenvalue weighted by Crippen LogP contribution is 2.16. The lowest BCUT2D eigenvalue weighted by Gasteiger charge is -2.18. The smallest absolute Gasteiger partial charge is 0.265 e. The molecule has 0 saturated carbocycles. The van der Waals surface area contributed by atoms with Gasteiger partial charge in [-0.2, -0.15) is 0 Å². The molecule has 0 aromatic carbocycles. The summed E-state index contributed by atoms with van der Waals surface area (Å²) in [4.78, 5) is 26.6. The summed E-state index contributed by atoms with van der Waals surface area (Å²) in [6.07, 6.45) is 4.14. The highest BCUT2D eigenvalue weighted by atomic mass is 16.6. The summed E-state index contributed by atoms with van der Waals surface area (Å²) in [6, 6.07) is 0. The number of carbonyl (C=O) groups is 2. The summed E-state index contributed by atoms with van der Waals surface area (Å²) < 4.78 is 10.5. The molecule has 6 heteroatoms. The molecule has 2 aliphatic rings. The van der Waals surface area contributed by atoms with Crippen LogP contribution in [0.1, 0.15) is 13.3 Å². The quantitative estimate of drug-likeness (QED) is 0.554. The molecule has 1 N–H and O–H groups in total. The Hall–Kier alpha value is -1.95. The van der Waals surface area contributed by atoms with Gasteiger partial charge in [-0.25, -0.2) is 4.99 Å². The highest BCUT2D eigenvalue weighted by molar-refractivity contribution is 6.39. The van der Waals surface area contributed by atoms with Gasteiger partial charge in [0.15, 0.2) is 6.29 Å². The van der Waals surface area contributed by atoms with Crippen molar-refractivity contribution in [2.24, 2.45) is 4.99 Å². The predicted octanol–water partition coefficient (Wildman–Crippen LogP) is 0.349. The number of nitrogens with zero attached hydrogens (tertiary/aromatic N) is 1. The maximum absolute atomic E-state index is 11.7. The molecule has 1 amide bonds. The van der Waals surface area contributed by atoms with Crippen molar-refractivity contribution in [2.45, 2.75) is 19.4 Å². The van der Waals surface area contributed by atoms with Crippen LogP contribution in [0.25, 0.3) is 0 Å². The zero-order chi connectivity index (χ0) is 13.7. The Morgan fingerprint density at radius 3 is 3.11 bits per heavy atom.